The van der Waals surface area contributed by atoms with Gasteiger partial charge in [-0.2, -0.15) is 5.26 Å². The molecule has 0 aliphatic carbocycles. The average Bonchev–Trinajstić information content (AvgIpc) is 2.45. The first-order valence-electron chi connectivity index (χ1n) is 4.32. The zero-order valence-electron chi connectivity index (χ0n) is 7.98. The Balaban J connectivity index is 2.92. The molecule has 0 saturated heterocycles. The minimum atomic E-state index is 0.601. The SMILES string of the molecule is Cc1[nH]c2c(Cl)cc(C#N)cc2c1C. The van der Waals surface area contributed by atoms with Crippen LogP contribution in [0.15, 0.2) is 12.1 Å². The summed E-state index contributed by atoms with van der Waals surface area (Å²) in [5, 5.41) is 10.4. The van der Waals surface area contributed by atoms with E-state index in [-0.39, 0.29) is 0 Å². The Morgan fingerprint density at radius 1 is 1.36 bits per heavy atom. The monoisotopic (exact) mass is 204 g/mol. The topological polar surface area (TPSA) is 39.6 Å². The lowest BCUT2D eigenvalue weighted by Gasteiger charge is -1.95. The summed E-state index contributed by atoms with van der Waals surface area (Å²) in [6.07, 6.45) is 0. The number of benzene rings is 1. The highest BCUT2D eigenvalue weighted by atomic mass is 35.5. The van der Waals surface area contributed by atoms with Crippen molar-refractivity contribution in [3.8, 4) is 6.07 Å². The zero-order chi connectivity index (χ0) is 10.3. The van der Waals surface area contributed by atoms with Gasteiger partial charge >= 0.3 is 0 Å². The highest BCUT2D eigenvalue weighted by Crippen LogP contribution is 2.28. The van der Waals surface area contributed by atoms with Crippen LogP contribution in [-0.4, -0.2) is 4.98 Å². The molecule has 1 heterocycles. The van der Waals surface area contributed by atoms with Crippen molar-refractivity contribution in [3.05, 3.63) is 34.0 Å². The van der Waals surface area contributed by atoms with Gasteiger partial charge in [0.15, 0.2) is 0 Å². The van der Waals surface area contributed by atoms with Gasteiger partial charge in [-0.05, 0) is 31.5 Å². The quantitative estimate of drug-likeness (QED) is 0.703. The third-order valence-electron chi connectivity index (χ3n) is 2.50. The van der Waals surface area contributed by atoms with E-state index in [0.29, 0.717) is 10.6 Å². The fourth-order valence-corrected chi connectivity index (χ4v) is 1.84. The smallest absolute Gasteiger partial charge is 0.0992 e. The maximum atomic E-state index is 8.80. The second-order valence-electron chi connectivity index (χ2n) is 3.37. The maximum absolute atomic E-state index is 8.80. The van der Waals surface area contributed by atoms with E-state index in [1.54, 1.807) is 6.07 Å². The van der Waals surface area contributed by atoms with Crippen LogP contribution in [0.4, 0.5) is 0 Å². The van der Waals surface area contributed by atoms with E-state index < -0.39 is 0 Å². The largest absolute Gasteiger partial charge is 0.357 e. The summed E-state index contributed by atoms with van der Waals surface area (Å²) < 4.78 is 0. The van der Waals surface area contributed by atoms with E-state index in [0.717, 1.165) is 22.2 Å². The van der Waals surface area contributed by atoms with Crippen LogP contribution in [0.5, 0.6) is 0 Å². The molecule has 0 saturated carbocycles. The van der Waals surface area contributed by atoms with Gasteiger partial charge in [0.05, 0.1) is 22.2 Å². The highest BCUT2D eigenvalue weighted by Gasteiger charge is 2.08. The van der Waals surface area contributed by atoms with E-state index in [1.807, 2.05) is 19.9 Å². The van der Waals surface area contributed by atoms with Crippen LogP contribution in [0.2, 0.25) is 5.02 Å². The molecular weight excluding hydrogens is 196 g/mol. The van der Waals surface area contributed by atoms with E-state index in [1.165, 1.54) is 0 Å². The molecule has 2 aromatic rings. The number of nitrogens with one attached hydrogen (secondary N) is 1. The number of aryl methyl sites for hydroxylation is 2. The molecule has 0 spiro atoms. The molecule has 1 N–H and O–H groups in total. The summed E-state index contributed by atoms with van der Waals surface area (Å²) >= 11 is 6.04. The number of H-pyrrole nitrogens is 1. The van der Waals surface area contributed by atoms with Crippen LogP contribution < -0.4 is 0 Å². The molecule has 1 aromatic carbocycles. The van der Waals surface area contributed by atoms with Crippen molar-refractivity contribution in [2.75, 3.05) is 0 Å². The first-order chi connectivity index (χ1) is 6.63. The molecule has 0 bridgehead atoms. The lowest BCUT2D eigenvalue weighted by Crippen LogP contribution is -1.77. The fourth-order valence-electron chi connectivity index (χ4n) is 1.58. The average molecular weight is 205 g/mol. The summed E-state index contributed by atoms with van der Waals surface area (Å²) in [6.45, 7) is 4.02. The minimum absolute atomic E-state index is 0.601. The summed E-state index contributed by atoms with van der Waals surface area (Å²) in [4.78, 5) is 3.20. The first kappa shape index (κ1) is 9.11. The van der Waals surface area contributed by atoms with E-state index >= 15 is 0 Å². The van der Waals surface area contributed by atoms with E-state index in [4.69, 9.17) is 16.9 Å². The number of hydrogen-bond acceptors (Lipinski definition) is 1. The van der Waals surface area contributed by atoms with Crippen molar-refractivity contribution >= 4 is 22.5 Å². The summed E-state index contributed by atoms with van der Waals surface area (Å²) in [6, 6.07) is 5.64. The lowest BCUT2D eigenvalue weighted by molar-refractivity contribution is 1.25. The molecule has 0 unspecified atom stereocenters. The first-order valence-corrected chi connectivity index (χ1v) is 4.70. The molecule has 1 aromatic heterocycles. The molecular formula is C11H9ClN2. The number of aromatic amines is 1. The van der Waals surface area contributed by atoms with Crippen LogP contribution in [-0.2, 0) is 0 Å². The van der Waals surface area contributed by atoms with Gasteiger partial charge in [0.2, 0.25) is 0 Å². The Kier molecular flexibility index (Phi) is 1.98. The van der Waals surface area contributed by atoms with Crippen molar-refractivity contribution < 1.29 is 0 Å². The fraction of sp³-hybridized carbons (Fsp3) is 0.182. The molecule has 70 valence electrons. The predicted molar refractivity (Wildman–Crippen MR) is 57.5 cm³/mol. The van der Waals surface area contributed by atoms with Crippen LogP contribution >= 0.6 is 11.6 Å². The van der Waals surface area contributed by atoms with Gasteiger partial charge in [0.25, 0.3) is 0 Å². The van der Waals surface area contributed by atoms with E-state index in [9.17, 15) is 0 Å². The predicted octanol–water partition coefficient (Wildman–Crippen LogP) is 3.31. The Labute approximate surface area is 87.1 Å². The van der Waals surface area contributed by atoms with Gasteiger partial charge in [0, 0.05) is 11.1 Å². The molecule has 14 heavy (non-hydrogen) atoms. The molecule has 3 heteroatoms. The number of fused-ring (bicyclic) bond motifs is 1. The number of halogens is 1. The summed E-state index contributed by atoms with van der Waals surface area (Å²) in [5.41, 5.74) is 3.77. The molecule has 0 fully saturated rings. The number of nitrogens with zero attached hydrogens (tertiary/aromatic N) is 1. The summed E-state index contributed by atoms with van der Waals surface area (Å²) in [7, 11) is 0. The van der Waals surface area contributed by atoms with Crippen LogP contribution in [0, 0.1) is 25.2 Å². The zero-order valence-corrected chi connectivity index (χ0v) is 8.74. The number of rotatable bonds is 0. The molecule has 2 rings (SSSR count). The van der Waals surface area contributed by atoms with Gasteiger partial charge in [-0.25, -0.2) is 0 Å². The Bertz CT molecular complexity index is 546. The molecule has 0 aliphatic heterocycles. The molecule has 0 amide bonds. The standard InChI is InChI=1S/C11H9ClN2/c1-6-7(2)14-11-9(6)3-8(5-13)4-10(11)12/h3-4,14H,1-2H3. The normalized spacial score (nSPS) is 10.4. The van der Waals surface area contributed by atoms with Crippen LogP contribution in [0.1, 0.15) is 16.8 Å². The Morgan fingerprint density at radius 3 is 2.71 bits per heavy atom. The van der Waals surface area contributed by atoms with Gasteiger partial charge in [-0.3, -0.25) is 0 Å². The van der Waals surface area contributed by atoms with Crippen molar-refractivity contribution in [2.24, 2.45) is 0 Å². The number of nitriles is 1. The highest BCUT2D eigenvalue weighted by molar-refractivity contribution is 6.35. The van der Waals surface area contributed by atoms with Gasteiger partial charge < -0.3 is 4.98 Å². The second-order valence-corrected chi connectivity index (χ2v) is 3.77. The van der Waals surface area contributed by atoms with Crippen molar-refractivity contribution in [1.82, 2.24) is 4.98 Å². The third-order valence-corrected chi connectivity index (χ3v) is 2.80. The lowest BCUT2D eigenvalue weighted by atomic mass is 10.1. The molecule has 0 atom stereocenters. The van der Waals surface area contributed by atoms with Crippen molar-refractivity contribution in [3.63, 3.8) is 0 Å². The van der Waals surface area contributed by atoms with E-state index in [2.05, 4.69) is 11.1 Å². The van der Waals surface area contributed by atoms with Crippen molar-refractivity contribution in [2.45, 2.75) is 13.8 Å². The Morgan fingerprint density at radius 2 is 2.07 bits per heavy atom. The molecule has 0 radical (unpaired) electrons. The Hall–Kier alpha value is -1.46. The molecule has 0 aliphatic rings. The minimum Gasteiger partial charge on any atom is -0.357 e. The summed E-state index contributed by atoms with van der Waals surface area (Å²) in [5.74, 6) is 0. The number of hydrogen-bond donors (Lipinski definition) is 1. The third kappa shape index (κ3) is 1.18. The van der Waals surface area contributed by atoms with Crippen LogP contribution in [0.25, 0.3) is 10.9 Å². The maximum Gasteiger partial charge on any atom is 0.0992 e. The van der Waals surface area contributed by atoms with Gasteiger partial charge in [-0.15, -0.1) is 0 Å². The second kappa shape index (κ2) is 3.04. The van der Waals surface area contributed by atoms with Crippen LogP contribution in [0.3, 0.4) is 0 Å². The molecule has 2 nitrogen and oxygen atoms in total. The van der Waals surface area contributed by atoms with Gasteiger partial charge in [0.1, 0.15) is 0 Å². The van der Waals surface area contributed by atoms with Gasteiger partial charge in [-0.1, -0.05) is 11.6 Å². The number of aromatic nitrogens is 1. The van der Waals surface area contributed by atoms with Crippen molar-refractivity contribution in [1.29, 1.82) is 5.26 Å².